The van der Waals surface area contributed by atoms with Crippen molar-refractivity contribution < 1.29 is 28.6 Å². The van der Waals surface area contributed by atoms with Crippen LogP contribution in [0.1, 0.15) is 245 Å². The number of rotatable bonds is 49. The summed E-state index contributed by atoms with van der Waals surface area (Å²) in [6, 6.07) is 0. The summed E-state index contributed by atoms with van der Waals surface area (Å²) in [6.07, 6.45) is 75.3. The zero-order chi connectivity index (χ0) is 49.3. The molecule has 0 aliphatic rings. The van der Waals surface area contributed by atoms with Gasteiger partial charge in [-0.2, -0.15) is 0 Å². The molecule has 0 saturated heterocycles. The molecule has 0 heterocycles. The smallest absolute Gasteiger partial charge is 0.306 e. The van der Waals surface area contributed by atoms with Gasteiger partial charge in [0.05, 0.1) is 0 Å². The summed E-state index contributed by atoms with van der Waals surface area (Å²) in [5, 5.41) is 0. The molecule has 0 N–H and O–H groups in total. The van der Waals surface area contributed by atoms with Gasteiger partial charge in [0.15, 0.2) is 6.10 Å². The number of carbonyl (C=O) groups excluding carboxylic acids is 3. The molecule has 1 unspecified atom stereocenters. The zero-order valence-electron chi connectivity index (χ0n) is 44.1. The van der Waals surface area contributed by atoms with Crippen molar-refractivity contribution >= 4 is 17.9 Å². The molecule has 0 aromatic heterocycles. The second-order valence-electron chi connectivity index (χ2n) is 18.1. The van der Waals surface area contributed by atoms with Gasteiger partial charge in [0, 0.05) is 19.3 Å². The first-order valence-electron chi connectivity index (χ1n) is 27.9. The SMILES string of the molecule is CC/C=C\C/C=C\C/C=C\C/C=C\C/C=C\C/C=C\C/C=C\CCCCCCCCCC(=O)OCC(COC(=O)CCCCCCCCC)OC(=O)CCCCCCC/C=C\C/C=C\CCCC. The van der Waals surface area contributed by atoms with Crippen LogP contribution in [0.3, 0.4) is 0 Å². The molecule has 0 amide bonds. The fraction of sp³-hybridized carbons (Fsp3) is 0.661. The molecule has 0 radical (unpaired) electrons. The lowest BCUT2D eigenvalue weighted by atomic mass is 10.1. The highest BCUT2D eigenvalue weighted by Gasteiger charge is 2.19. The Balaban J connectivity index is 4.20. The third-order valence-electron chi connectivity index (χ3n) is 11.5. The first kappa shape index (κ1) is 64.1. The molecule has 0 aliphatic carbocycles. The van der Waals surface area contributed by atoms with Gasteiger partial charge in [-0.15, -0.1) is 0 Å². The van der Waals surface area contributed by atoms with E-state index in [1.54, 1.807) is 0 Å². The summed E-state index contributed by atoms with van der Waals surface area (Å²) >= 11 is 0. The minimum Gasteiger partial charge on any atom is -0.462 e. The number of allylic oxidation sites excluding steroid dienone is 18. The molecule has 0 bridgehead atoms. The fourth-order valence-electron chi connectivity index (χ4n) is 7.32. The van der Waals surface area contributed by atoms with Gasteiger partial charge in [0.25, 0.3) is 0 Å². The van der Waals surface area contributed by atoms with Crippen LogP contribution in [0.5, 0.6) is 0 Å². The molecule has 386 valence electrons. The Bertz CT molecular complexity index is 1410. The topological polar surface area (TPSA) is 78.9 Å². The van der Waals surface area contributed by atoms with E-state index in [4.69, 9.17) is 14.2 Å². The second-order valence-corrected chi connectivity index (χ2v) is 18.1. The van der Waals surface area contributed by atoms with Crippen LogP contribution < -0.4 is 0 Å². The van der Waals surface area contributed by atoms with Crippen molar-refractivity contribution in [2.75, 3.05) is 13.2 Å². The van der Waals surface area contributed by atoms with E-state index in [-0.39, 0.29) is 31.1 Å². The van der Waals surface area contributed by atoms with E-state index in [1.807, 2.05) is 0 Å². The van der Waals surface area contributed by atoms with E-state index in [0.717, 1.165) is 135 Å². The van der Waals surface area contributed by atoms with Crippen molar-refractivity contribution in [2.45, 2.75) is 252 Å². The largest absolute Gasteiger partial charge is 0.462 e. The highest BCUT2D eigenvalue weighted by molar-refractivity contribution is 5.71. The molecule has 0 aromatic rings. The van der Waals surface area contributed by atoms with E-state index in [9.17, 15) is 14.4 Å². The normalized spacial score (nSPS) is 12.9. The summed E-state index contributed by atoms with van der Waals surface area (Å²) in [5.41, 5.74) is 0. The Morgan fingerprint density at radius 3 is 0.941 bits per heavy atom. The Labute approximate surface area is 419 Å². The van der Waals surface area contributed by atoms with Crippen LogP contribution >= 0.6 is 0 Å². The molecule has 68 heavy (non-hydrogen) atoms. The van der Waals surface area contributed by atoms with Gasteiger partial charge in [-0.3, -0.25) is 14.4 Å². The number of hydrogen-bond donors (Lipinski definition) is 0. The van der Waals surface area contributed by atoms with E-state index in [0.29, 0.717) is 19.3 Å². The number of ether oxygens (including phenoxy) is 3. The summed E-state index contributed by atoms with van der Waals surface area (Å²) in [5.74, 6) is -0.923. The lowest BCUT2D eigenvalue weighted by Gasteiger charge is -2.18. The van der Waals surface area contributed by atoms with Gasteiger partial charge < -0.3 is 14.2 Å². The predicted molar refractivity (Wildman–Crippen MR) is 293 cm³/mol. The van der Waals surface area contributed by atoms with Crippen LogP contribution in [-0.4, -0.2) is 37.2 Å². The molecule has 0 rings (SSSR count). The average Bonchev–Trinajstić information content (AvgIpc) is 3.34. The first-order chi connectivity index (χ1) is 33.5. The first-order valence-corrected chi connectivity index (χ1v) is 27.9. The molecule has 0 aliphatic heterocycles. The molecule has 6 heteroatoms. The average molecular weight is 943 g/mol. The summed E-state index contributed by atoms with van der Waals surface area (Å²) in [4.78, 5) is 37.9. The highest BCUT2D eigenvalue weighted by Crippen LogP contribution is 2.14. The lowest BCUT2D eigenvalue weighted by molar-refractivity contribution is -0.167. The zero-order valence-corrected chi connectivity index (χ0v) is 44.1. The fourth-order valence-corrected chi connectivity index (χ4v) is 7.32. The van der Waals surface area contributed by atoms with Gasteiger partial charge in [-0.05, 0) is 103 Å². The number of hydrogen-bond acceptors (Lipinski definition) is 6. The van der Waals surface area contributed by atoms with Gasteiger partial charge in [0.1, 0.15) is 13.2 Å². The maximum absolute atomic E-state index is 12.8. The molecule has 0 fully saturated rings. The van der Waals surface area contributed by atoms with Crippen LogP contribution in [0.2, 0.25) is 0 Å². The van der Waals surface area contributed by atoms with Crippen molar-refractivity contribution in [3.8, 4) is 0 Å². The minimum absolute atomic E-state index is 0.0876. The molecular formula is C62H102O6. The maximum atomic E-state index is 12.8. The predicted octanol–water partition coefficient (Wildman–Crippen LogP) is 18.7. The summed E-state index contributed by atoms with van der Waals surface area (Å²) in [6.45, 7) is 6.41. The number of esters is 3. The van der Waals surface area contributed by atoms with Crippen LogP contribution in [-0.2, 0) is 28.6 Å². The lowest BCUT2D eigenvalue weighted by Crippen LogP contribution is -2.30. The highest BCUT2D eigenvalue weighted by atomic mass is 16.6. The van der Waals surface area contributed by atoms with Crippen molar-refractivity contribution in [1.82, 2.24) is 0 Å². The molecule has 0 saturated carbocycles. The van der Waals surface area contributed by atoms with E-state index < -0.39 is 6.10 Å². The van der Waals surface area contributed by atoms with Crippen LogP contribution in [0.25, 0.3) is 0 Å². The third kappa shape index (κ3) is 53.0. The van der Waals surface area contributed by atoms with E-state index in [2.05, 4.69) is 130 Å². The summed E-state index contributed by atoms with van der Waals surface area (Å²) < 4.78 is 16.7. The second kappa shape index (κ2) is 55.7. The third-order valence-corrected chi connectivity index (χ3v) is 11.5. The van der Waals surface area contributed by atoms with Gasteiger partial charge >= 0.3 is 17.9 Å². The van der Waals surface area contributed by atoms with Gasteiger partial charge in [-0.25, -0.2) is 0 Å². The molecule has 6 nitrogen and oxygen atoms in total. The Hall–Kier alpha value is -3.93. The Morgan fingerprint density at radius 2 is 0.588 bits per heavy atom. The maximum Gasteiger partial charge on any atom is 0.306 e. The Morgan fingerprint density at radius 1 is 0.309 bits per heavy atom. The van der Waals surface area contributed by atoms with E-state index in [1.165, 1.54) is 70.6 Å². The monoisotopic (exact) mass is 943 g/mol. The van der Waals surface area contributed by atoms with Gasteiger partial charge in [-0.1, -0.05) is 233 Å². The van der Waals surface area contributed by atoms with Crippen molar-refractivity contribution in [2.24, 2.45) is 0 Å². The molecule has 0 aromatic carbocycles. The van der Waals surface area contributed by atoms with Crippen molar-refractivity contribution in [3.63, 3.8) is 0 Å². The number of unbranched alkanes of at least 4 members (excludes halogenated alkanes) is 20. The van der Waals surface area contributed by atoms with Crippen molar-refractivity contribution in [3.05, 3.63) is 109 Å². The van der Waals surface area contributed by atoms with Crippen LogP contribution in [0, 0.1) is 0 Å². The quantitative estimate of drug-likeness (QED) is 0.0262. The number of carbonyl (C=O) groups is 3. The van der Waals surface area contributed by atoms with Crippen molar-refractivity contribution in [1.29, 1.82) is 0 Å². The van der Waals surface area contributed by atoms with Gasteiger partial charge in [0.2, 0.25) is 0 Å². The van der Waals surface area contributed by atoms with Crippen LogP contribution in [0.15, 0.2) is 109 Å². The Kier molecular flexibility index (Phi) is 52.4. The molecular weight excluding hydrogens is 841 g/mol. The summed E-state index contributed by atoms with van der Waals surface area (Å²) in [7, 11) is 0. The minimum atomic E-state index is -0.788. The standard InChI is InChI=1S/C62H102O6/c1-4-7-10-13-16-18-20-22-24-25-26-27-28-29-30-31-32-33-34-35-36-37-38-40-41-43-46-49-52-55-61(64)67-58-59(57-66-60(63)54-51-48-45-15-12-9-6-3)68-62(65)56-53-50-47-44-42-39-23-21-19-17-14-11-8-5-2/h7,10,14,16-18,21-24,26-27,29-30,32-33,35-36,59H,4-6,8-9,11-13,15,19-20,25,28,31,34,37-58H2,1-3H3/b10-7-,17-14-,18-16-,23-21-,24-22-,27-26-,30-29-,33-32-,36-35-. The molecule has 0 spiro atoms. The van der Waals surface area contributed by atoms with E-state index >= 15 is 0 Å². The molecule has 1 atom stereocenters. The van der Waals surface area contributed by atoms with Crippen LogP contribution in [0.4, 0.5) is 0 Å².